The summed E-state index contributed by atoms with van der Waals surface area (Å²) >= 11 is 0. The fourth-order valence-corrected chi connectivity index (χ4v) is 3.63. The van der Waals surface area contributed by atoms with E-state index < -0.39 is 0 Å². The smallest absolute Gasteiger partial charge is 0.191 e. The highest BCUT2D eigenvalue weighted by Crippen LogP contribution is 2.34. The minimum absolute atomic E-state index is 0. The van der Waals surface area contributed by atoms with Crippen LogP contribution >= 0.6 is 24.0 Å². The van der Waals surface area contributed by atoms with Crippen molar-refractivity contribution in [1.29, 1.82) is 0 Å². The summed E-state index contributed by atoms with van der Waals surface area (Å²) in [6.07, 6.45) is 0. The highest BCUT2D eigenvalue weighted by Gasteiger charge is 2.24. The summed E-state index contributed by atoms with van der Waals surface area (Å²) in [4.78, 5) is 7.28. The number of halogens is 1. The van der Waals surface area contributed by atoms with Gasteiger partial charge in [0.25, 0.3) is 0 Å². The molecular formula is C22H39IN4O4. The van der Waals surface area contributed by atoms with E-state index in [0.717, 1.165) is 50.9 Å². The Morgan fingerprint density at radius 1 is 1.06 bits per heavy atom. The van der Waals surface area contributed by atoms with Gasteiger partial charge in [-0.1, -0.05) is 13.8 Å². The maximum absolute atomic E-state index is 5.54. The zero-order chi connectivity index (χ0) is 21.9. The summed E-state index contributed by atoms with van der Waals surface area (Å²) in [7, 11) is 4.90. The van der Waals surface area contributed by atoms with Gasteiger partial charge in [0.05, 0.1) is 46.7 Å². The van der Waals surface area contributed by atoms with Crippen LogP contribution in [0.4, 0.5) is 0 Å². The van der Waals surface area contributed by atoms with Gasteiger partial charge in [-0.2, -0.15) is 0 Å². The fourth-order valence-electron chi connectivity index (χ4n) is 3.63. The summed E-state index contributed by atoms with van der Waals surface area (Å²) in [6, 6.07) is 4.12. The Balaban J connectivity index is 0.00000480. The second-order valence-electron chi connectivity index (χ2n) is 7.55. The van der Waals surface area contributed by atoms with Crippen molar-refractivity contribution in [2.24, 2.45) is 10.9 Å². The lowest BCUT2D eigenvalue weighted by atomic mass is 10.0. The van der Waals surface area contributed by atoms with E-state index in [2.05, 4.69) is 36.3 Å². The quantitative estimate of drug-likeness (QED) is 0.264. The fraction of sp³-hybridized carbons (Fsp3) is 0.682. The molecule has 9 heteroatoms. The van der Waals surface area contributed by atoms with Gasteiger partial charge in [-0.25, -0.2) is 4.99 Å². The van der Waals surface area contributed by atoms with Crippen LogP contribution in [0, 0.1) is 5.92 Å². The molecule has 0 aromatic heterocycles. The van der Waals surface area contributed by atoms with Gasteiger partial charge in [0.2, 0.25) is 0 Å². The van der Waals surface area contributed by atoms with Gasteiger partial charge in [0.1, 0.15) is 17.2 Å². The molecule has 31 heavy (non-hydrogen) atoms. The molecular weight excluding hydrogens is 511 g/mol. The van der Waals surface area contributed by atoms with Crippen LogP contribution in [0.1, 0.15) is 26.3 Å². The van der Waals surface area contributed by atoms with Crippen LogP contribution in [0.2, 0.25) is 0 Å². The Kier molecular flexibility index (Phi) is 13.0. The molecule has 1 aliphatic rings. The van der Waals surface area contributed by atoms with Crippen LogP contribution in [0.15, 0.2) is 17.1 Å². The molecule has 0 aliphatic carbocycles. The minimum Gasteiger partial charge on any atom is -0.496 e. The monoisotopic (exact) mass is 550 g/mol. The Hall–Kier alpha value is -1.46. The number of rotatable bonds is 10. The Morgan fingerprint density at radius 2 is 1.68 bits per heavy atom. The number of nitrogens with zero attached hydrogens (tertiary/aromatic N) is 2. The van der Waals surface area contributed by atoms with Crippen molar-refractivity contribution in [3.63, 3.8) is 0 Å². The third-order valence-corrected chi connectivity index (χ3v) is 5.32. The molecule has 1 unspecified atom stereocenters. The van der Waals surface area contributed by atoms with Crippen molar-refractivity contribution in [1.82, 2.24) is 15.5 Å². The van der Waals surface area contributed by atoms with Crippen molar-refractivity contribution in [3.8, 4) is 17.2 Å². The lowest BCUT2D eigenvalue weighted by Crippen LogP contribution is -2.52. The van der Waals surface area contributed by atoms with Gasteiger partial charge in [0.15, 0.2) is 5.96 Å². The Morgan fingerprint density at radius 3 is 2.16 bits per heavy atom. The maximum Gasteiger partial charge on any atom is 0.191 e. The van der Waals surface area contributed by atoms with Gasteiger partial charge in [-0.3, -0.25) is 4.90 Å². The van der Waals surface area contributed by atoms with Crippen molar-refractivity contribution in [2.45, 2.75) is 33.4 Å². The SMILES string of the molecule is CCNC(=NCc1c(OC)cc(OC)cc1OC)NCC(C(C)C)N1CCOCC1.I. The minimum atomic E-state index is 0. The first-order valence-corrected chi connectivity index (χ1v) is 10.7. The van der Waals surface area contributed by atoms with Gasteiger partial charge >= 0.3 is 0 Å². The Bertz CT molecular complexity index is 656. The van der Waals surface area contributed by atoms with Crippen molar-refractivity contribution in [2.75, 3.05) is 60.7 Å². The second-order valence-corrected chi connectivity index (χ2v) is 7.55. The van der Waals surface area contributed by atoms with Gasteiger partial charge < -0.3 is 29.6 Å². The molecule has 2 N–H and O–H groups in total. The lowest BCUT2D eigenvalue weighted by Gasteiger charge is -2.37. The van der Waals surface area contributed by atoms with Crippen molar-refractivity contribution >= 4 is 29.9 Å². The third-order valence-electron chi connectivity index (χ3n) is 5.32. The van der Waals surface area contributed by atoms with Crippen molar-refractivity contribution < 1.29 is 18.9 Å². The largest absolute Gasteiger partial charge is 0.496 e. The van der Waals surface area contributed by atoms with Gasteiger partial charge in [-0.15, -0.1) is 24.0 Å². The number of hydrogen-bond acceptors (Lipinski definition) is 6. The molecule has 1 aromatic rings. The molecule has 1 aliphatic heterocycles. The normalized spacial score (nSPS) is 15.8. The standard InChI is InChI=1S/C22H38N4O4.HI/c1-7-23-22(25-15-19(16(2)3)26-8-10-30-11-9-26)24-14-18-20(28-5)12-17(27-4)13-21(18)29-6;/h12-13,16,19H,7-11,14-15H2,1-6H3,(H2,23,24,25);1H. The summed E-state index contributed by atoms with van der Waals surface area (Å²) in [6.45, 7) is 12.2. The van der Waals surface area contributed by atoms with E-state index in [4.69, 9.17) is 23.9 Å². The number of guanidine groups is 1. The number of ether oxygens (including phenoxy) is 4. The summed E-state index contributed by atoms with van der Waals surface area (Å²) < 4.78 is 21.9. The lowest BCUT2D eigenvalue weighted by molar-refractivity contribution is 0.00752. The first kappa shape index (κ1) is 27.6. The van der Waals surface area contributed by atoms with Crippen LogP contribution in [0.3, 0.4) is 0 Å². The molecule has 1 fully saturated rings. The molecule has 1 atom stereocenters. The zero-order valence-corrected chi connectivity index (χ0v) is 22.0. The molecule has 2 rings (SSSR count). The molecule has 0 bridgehead atoms. The third kappa shape index (κ3) is 8.19. The Labute approximate surface area is 204 Å². The molecule has 1 saturated heterocycles. The zero-order valence-electron chi connectivity index (χ0n) is 19.7. The average molecular weight is 550 g/mol. The maximum atomic E-state index is 5.54. The first-order valence-electron chi connectivity index (χ1n) is 10.7. The van der Waals surface area contributed by atoms with Gasteiger partial charge in [0, 0.05) is 44.4 Å². The number of hydrogen-bond donors (Lipinski definition) is 2. The van der Waals surface area contributed by atoms with Crippen LogP contribution in [0.5, 0.6) is 17.2 Å². The number of methoxy groups -OCH3 is 3. The second kappa shape index (κ2) is 14.6. The van der Waals surface area contributed by atoms with E-state index in [1.165, 1.54) is 0 Å². The van der Waals surface area contributed by atoms with E-state index in [0.29, 0.717) is 35.8 Å². The molecule has 178 valence electrons. The predicted molar refractivity (Wildman–Crippen MR) is 135 cm³/mol. The van der Waals surface area contributed by atoms with E-state index >= 15 is 0 Å². The summed E-state index contributed by atoms with van der Waals surface area (Å²) in [5.74, 6) is 3.38. The predicted octanol–water partition coefficient (Wildman–Crippen LogP) is 2.74. The molecule has 0 amide bonds. The number of nitrogens with one attached hydrogen (secondary N) is 2. The number of aliphatic imine (C=N–C) groups is 1. The average Bonchev–Trinajstić information content (AvgIpc) is 2.77. The summed E-state index contributed by atoms with van der Waals surface area (Å²) in [5, 5.41) is 6.85. The van der Waals surface area contributed by atoms with E-state index in [1.807, 2.05) is 12.1 Å². The molecule has 0 saturated carbocycles. The van der Waals surface area contributed by atoms with Crippen LogP contribution in [-0.2, 0) is 11.3 Å². The molecule has 0 radical (unpaired) electrons. The first-order chi connectivity index (χ1) is 14.5. The number of morpholine rings is 1. The molecule has 1 heterocycles. The summed E-state index contributed by atoms with van der Waals surface area (Å²) in [5.41, 5.74) is 0.881. The van der Waals surface area contributed by atoms with Gasteiger partial charge in [-0.05, 0) is 12.8 Å². The molecule has 1 aromatic carbocycles. The number of benzene rings is 1. The molecule has 0 spiro atoms. The van der Waals surface area contributed by atoms with Crippen LogP contribution in [-0.4, -0.2) is 77.6 Å². The van der Waals surface area contributed by atoms with E-state index in [1.54, 1.807) is 21.3 Å². The van der Waals surface area contributed by atoms with Crippen LogP contribution in [0.25, 0.3) is 0 Å². The molecule has 8 nitrogen and oxygen atoms in total. The highest BCUT2D eigenvalue weighted by molar-refractivity contribution is 14.0. The topological polar surface area (TPSA) is 76.6 Å². The van der Waals surface area contributed by atoms with E-state index in [-0.39, 0.29) is 24.0 Å². The van der Waals surface area contributed by atoms with Crippen molar-refractivity contribution in [3.05, 3.63) is 17.7 Å². The van der Waals surface area contributed by atoms with E-state index in [9.17, 15) is 0 Å². The van der Waals surface area contributed by atoms with Crippen LogP contribution < -0.4 is 24.8 Å². The highest BCUT2D eigenvalue weighted by atomic mass is 127.